The number of aromatic nitrogens is 3. The van der Waals surface area contributed by atoms with Crippen LogP contribution in [0, 0.1) is 5.41 Å². The summed E-state index contributed by atoms with van der Waals surface area (Å²) >= 11 is 1.30. The Balaban J connectivity index is 2.58. The van der Waals surface area contributed by atoms with Crippen molar-refractivity contribution in [3.8, 4) is 0 Å². The van der Waals surface area contributed by atoms with Crippen molar-refractivity contribution in [1.29, 1.82) is 0 Å². The zero-order chi connectivity index (χ0) is 15.6. The first kappa shape index (κ1) is 15.3. The van der Waals surface area contributed by atoms with Gasteiger partial charge in [-0.25, -0.2) is 4.98 Å². The molecule has 0 saturated carbocycles. The molecule has 0 saturated heterocycles. The lowest BCUT2D eigenvalue weighted by atomic mass is 9.79. The Morgan fingerprint density at radius 1 is 1.57 bits per heavy atom. The van der Waals surface area contributed by atoms with Crippen molar-refractivity contribution < 1.29 is 19.2 Å². The minimum Gasteiger partial charge on any atom is -0.481 e. The van der Waals surface area contributed by atoms with Gasteiger partial charge in [-0.15, -0.1) is 11.3 Å². The third-order valence-electron chi connectivity index (χ3n) is 3.32. The summed E-state index contributed by atoms with van der Waals surface area (Å²) in [6.45, 7) is 5.05. The number of nitrogens with zero attached hydrogens (tertiary/aromatic N) is 3. The molecule has 0 aromatic carbocycles. The van der Waals surface area contributed by atoms with E-state index in [2.05, 4.69) is 15.1 Å². The topological polar surface area (TPSA) is 106 Å². The van der Waals surface area contributed by atoms with Gasteiger partial charge in [0.05, 0.1) is 5.41 Å². The minimum absolute atomic E-state index is 0.177. The predicted molar refractivity (Wildman–Crippen MR) is 74.4 cm³/mol. The molecule has 0 aliphatic carbocycles. The molecule has 7 nitrogen and oxygen atoms in total. The van der Waals surface area contributed by atoms with Gasteiger partial charge in [-0.1, -0.05) is 12.1 Å². The molecule has 0 fully saturated rings. The summed E-state index contributed by atoms with van der Waals surface area (Å²) in [6, 6.07) is 0. The van der Waals surface area contributed by atoms with Crippen LogP contribution in [0.25, 0.3) is 0 Å². The number of aryl methyl sites for hydroxylation is 1. The van der Waals surface area contributed by atoms with Crippen LogP contribution in [0.1, 0.15) is 53.0 Å². The Morgan fingerprint density at radius 3 is 2.71 bits per heavy atom. The zero-order valence-corrected chi connectivity index (χ0v) is 12.7. The first-order valence-electron chi connectivity index (χ1n) is 6.36. The molecule has 112 valence electrons. The first-order chi connectivity index (χ1) is 9.91. The highest BCUT2D eigenvalue weighted by atomic mass is 32.1. The minimum atomic E-state index is -1.20. The van der Waals surface area contributed by atoms with Gasteiger partial charge in [0, 0.05) is 4.88 Å². The number of rotatable bonds is 6. The summed E-state index contributed by atoms with van der Waals surface area (Å²) in [5, 5.41) is 13.5. The number of carboxylic acid groups (broad SMARTS) is 1. The fourth-order valence-corrected chi connectivity index (χ4v) is 3.26. The van der Waals surface area contributed by atoms with Gasteiger partial charge in [-0.3, -0.25) is 9.59 Å². The monoisotopic (exact) mass is 309 g/mol. The molecule has 1 atom stereocenters. The van der Waals surface area contributed by atoms with Gasteiger partial charge in [0.25, 0.3) is 0 Å². The molecule has 1 unspecified atom stereocenters. The van der Waals surface area contributed by atoms with Crippen molar-refractivity contribution >= 4 is 23.6 Å². The van der Waals surface area contributed by atoms with Crippen molar-refractivity contribution in [1.82, 2.24) is 15.1 Å². The molecule has 2 aromatic heterocycles. The SMILES string of the molecule is CCc1sc(C(c2ncno2)C(C)(C)C(=O)O)nc1C=O. The van der Waals surface area contributed by atoms with E-state index in [0.29, 0.717) is 23.4 Å². The molecule has 21 heavy (non-hydrogen) atoms. The number of hydrogen-bond donors (Lipinski definition) is 1. The third-order valence-corrected chi connectivity index (χ3v) is 4.60. The van der Waals surface area contributed by atoms with Crippen molar-refractivity contribution in [2.24, 2.45) is 5.41 Å². The van der Waals surface area contributed by atoms with Gasteiger partial charge < -0.3 is 9.63 Å². The van der Waals surface area contributed by atoms with E-state index in [1.165, 1.54) is 17.7 Å². The van der Waals surface area contributed by atoms with Gasteiger partial charge in [0.2, 0.25) is 5.89 Å². The summed E-state index contributed by atoms with van der Waals surface area (Å²) in [6.07, 6.45) is 2.54. The fraction of sp³-hybridized carbons (Fsp3) is 0.462. The van der Waals surface area contributed by atoms with Crippen LogP contribution in [-0.2, 0) is 11.2 Å². The van der Waals surface area contributed by atoms with E-state index in [1.807, 2.05) is 6.92 Å². The van der Waals surface area contributed by atoms with Gasteiger partial charge in [-0.2, -0.15) is 4.98 Å². The summed E-state index contributed by atoms with van der Waals surface area (Å²) in [4.78, 5) is 31.7. The van der Waals surface area contributed by atoms with Crippen LogP contribution in [0.15, 0.2) is 10.9 Å². The van der Waals surface area contributed by atoms with Crippen molar-refractivity contribution in [2.45, 2.75) is 33.1 Å². The molecule has 0 radical (unpaired) electrons. The number of thiazole rings is 1. The molecule has 2 heterocycles. The number of carbonyl (C=O) groups excluding carboxylic acids is 1. The van der Waals surface area contributed by atoms with E-state index in [1.54, 1.807) is 13.8 Å². The van der Waals surface area contributed by atoms with Gasteiger partial charge in [0.1, 0.15) is 16.6 Å². The fourth-order valence-electron chi connectivity index (χ4n) is 2.01. The van der Waals surface area contributed by atoms with Crippen molar-refractivity contribution in [3.05, 3.63) is 27.8 Å². The van der Waals surface area contributed by atoms with Crippen molar-refractivity contribution in [2.75, 3.05) is 0 Å². The van der Waals surface area contributed by atoms with Crippen LogP contribution in [-0.4, -0.2) is 32.5 Å². The summed E-state index contributed by atoms with van der Waals surface area (Å²) in [7, 11) is 0. The van der Waals surface area contributed by atoms with E-state index in [-0.39, 0.29) is 5.89 Å². The van der Waals surface area contributed by atoms with E-state index in [0.717, 1.165) is 4.88 Å². The zero-order valence-electron chi connectivity index (χ0n) is 11.9. The number of aldehydes is 1. The normalized spacial score (nSPS) is 13.1. The summed E-state index contributed by atoms with van der Waals surface area (Å²) in [5.74, 6) is -1.54. The maximum atomic E-state index is 11.6. The first-order valence-corrected chi connectivity index (χ1v) is 7.18. The highest BCUT2D eigenvalue weighted by Gasteiger charge is 2.44. The maximum absolute atomic E-state index is 11.6. The van der Waals surface area contributed by atoms with Crippen LogP contribution in [0.4, 0.5) is 0 Å². The summed E-state index contributed by atoms with van der Waals surface area (Å²) in [5.41, 5.74) is -0.863. The Kier molecular flexibility index (Phi) is 4.17. The average Bonchev–Trinajstić information content (AvgIpc) is 3.07. The molecule has 0 bridgehead atoms. The van der Waals surface area contributed by atoms with Gasteiger partial charge >= 0.3 is 5.97 Å². The molecule has 0 amide bonds. The van der Waals surface area contributed by atoms with Crippen molar-refractivity contribution in [3.63, 3.8) is 0 Å². The molecule has 0 spiro atoms. The molecule has 8 heteroatoms. The Labute approximate surface area is 125 Å². The number of carboxylic acids is 1. The Morgan fingerprint density at radius 2 is 2.29 bits per heavy atom. The van der Waals surface area contributed by atoms with Crippen LogP contribution in [0.3, 0.4) is 0 Å². The maximum Gasteiger partial charge on any atom is 0.310 e. The molecular weight excluding hydrogens is 294 g/mol. The molecule has 0 aliphatic heterocycles. The number of carbonyl (C=O) groups is 2. The highest BCUT2D eigenvalue weighted by Crippen LogP contribution is 2.42. The van der Waals surface area contributed by atoms with Crippen LogP contribution >= 0.6 is 11.3 Å². The second kappa shape index (κ2) is 5.72. The third kappa shape index (κ3) is 2.71. The van der Waals surface area contributed by atoms with E-state index >= 15 is 0 Å². The Hall–Kier alpha value is -2.09. The molecular formula is C13H15N3O4S. The quantitative estimate of drug-likeness (QED) is 0.815. The lowest BCUT2D eigenvalue weighted by Gasteiger charge is -2.25. The predicted octanol–water partition coefficient (Wildman–Crippen LogP) is 2.14. The molecule has 2 rings (SSSR count). The summed E-state index contributed by atoms with van der Waals surface area (Å²) < 4.78 is 5.06. The number of aliphatic carboxylic acids is 1. The smallest absolute Gasteiger partial charge is 0.310 e. The lowest BCUT2D eigenvalue weighted by molar-refractivity contribution is -0.148. The lowest BCUT2D eigenvalue weighted by Crippen LogP contribution is -2.32. The highest BCUT2D eigenvalue weighted by molar-refractivity contribution is 7.12. The molecule has 0 aliphatic rings. The Bertz CT molecular complexity index is 648. The van der Waals surface area contributed by atoms with Crippen LogP contribution in [0.2, 0.25) is 0 Å². The largest absolute Gasteiger partial charge is 0.481 e. The van der Waals surface area contributed by atoms with Crippen LogP contribution in [0.5, 0.6) is 0 Å². The van der Waals surface area contributed by atoms with E-state index in [9.17, 15) is 14.7 Å². The van der Waals surface area contributed by atoms with E-state index < -0.39 is 17.3 Å². The molecule has 2 aromatic rings. The average molecular weight is 309 g/mol. The molecule has 1 N–H and O–H groups in total. The van der Waals surface area contributed by atoms with Gasteiger partial charge in [-0.05, 0) is 20.3 Å². The van der Waals surface area contributed by atoms with Crippen LogP contribution < -0.4 is 0 Å². The second-order valence-electron chi connectivity index (χ2n) is 5.07. The number of hydrogen-bond acceptors (Lipinski definition) is 7. The van der Waals surface area contributed by atoms with E-state index in [4.69, 9.17) is 4.52 Å². The second-order valence-corrected chi connectivity index (χ2v) is 6.19. The standard InChI is InChI=1S/C13H15N3O4S/c1-4-8-7(5-17)16-11(21-8)9(10-14-6-15-20-10)13(2,3)12(18)19/h5-6,9H,4H2,1-3H3,(H,18,19). The van der Waals surface area contributed by atoms with Gasteiger partial charge in [0.15, 0.2) is 12.6 Å².